The SMILES string of the molecule is C=CCOC(=O)NC(C)(C)CC(=O)O. The first-order chi connectivity index (χ1) is 6.37. The second-order valence-corrected chi connectivity index (χ2v) is 3.47. The minimum atomic E-state index is -0.973. The van der Waals surface area contributed by atoms with Gasteiger partial charge in [-0.1, -0.05) is 12.7 Å². The van der Waals surface area contributed by atoms with Crippen molar-refractivity contribution in [2.45, 2.75) is 25.8 Å². The second kappa shape index (κ2) is 5.26. The molecule has 0 heterocycles. The lowest BCUT2D eigenvalue weighted by Gasteiger charge is -2.23. The summed E-state index contributed by atoms with van der Waals surface area (Å²) >= 11 is 0. The number of carboxylic acids is 1. The average molecular weight is 201 g/mol. The second-order valence-electron chi connectivity index (χ2n) is 3.47. The summed E-state index contributed by atoms with van der Waals surface area (Å²) in [4.78, 5) is 21.4. The van der Waals surface area contributed by atoms with Crippen LogP contribution in [0.15, 0.2) is 12.7 Å². The molecular formula is C9H15NO4. The van der Waals surface area contributed by atoms with Crippen LogP contribution in [-0.4, -0.2) is 29.3 Å². The fraction of sp³-hybridized carbons (Fsp3) is 0.556. The third kappa shape index (κ3) is 6.05. The summed E-state index contributed by atoms with van der Waals surface area (Å²) in [6.07, 6.45) is 0.635. The fourth-order valence-electron chi connectivity index (χ4n) is 0.869. The molecule has 0 rings (SSSR count). The highest BCUT2D eigenvalue weighted by atomic mass is 16.5. The van der Waals surface area contributed by atoms with E-state index in [4.69, 9.17) is 5.11 Å². The normalized spacial score (nSPS) is 10.4. The number of carboxylic acid groups (broad SMARTS) is 1. The molecule has 80 valence electrons. The first-order valence-electron chi connectivity index (χ1n) is 4.15. The Kier molecular flexibility index (Phi) is 4.69. The lowest BCUT2D eigenvalue weighted by Crippen LogP contribution is -2.45. The van der Waals surface area contributed by atoms with Crippen molar-refractivity contribution in [3.05, 3.63) is 12.7 Å². The van der Waals surface area contributed by atoms with Crippen molar-refractivity contribution in [1.82, 2.24) is 5.32 Å². The van der Waals surface area contributed by atoms with Gasteiger partial charge in [0.25, 0.3) is 0 Å². The topological polar surface area (TPSA) is 75.6 Å². The quantitative estimate of drug-likeness (QED) is 0.654. The van der Waals surface area contributed by atoms with Gasteiger partial charge in [-0.2, -0.15) is 0 Å². The van der Waals surface area contributed by atoms with E-state index in [9.17, 15) is 9.59 Å². The summed E-state index contributed by atoms with van der Waals surface area (Å²) in [6.45, 7) is 6.70. The summed E-state index contributed by atoms with van der Waals surface area (Å²) < 4.78 is 4.65. The van der Waals surface area contributed by atoms with E-state index in [1.165, 1.54) is 6.08 Å². The van der Waals surface area contributed by atoms with Crippen LogP contribution in [0, 0.1) is 0 Å². The van der Waals surface area contributed by atoms with Gasteiger partial charge in [0.2, 0.25) is 0 Å². The molecule has 0 unspecified atom stereocenters. The van der Waals surface area contributed by atoms with Gasteiger partial charge in [-0.3, -0.25) is 4.79 Å². The van der Waals surface area contributed by atoms with Gasteiger partial charge in [-0.25, -0.2) is 4.79 Å². The number of carbonyl (C=O) groups excluding carboxylic acids is 1. The third-order valence-corrected chi connectivity index (χ3v) is 1.37. The van der Waals surface area contributed by atoms with Crippen molar-refractivity contribution in [2.75, 3.05) is 6.61 Å². The molecule has 0 aromatic rings. The Labute approximate surface area is 82.7 Å². The zero-order chi connectivity index (χ0) is 11.2. The van der Waals surface area contributed by atoms with Crippen molar-refractivity contribution in [1.29, 1.82) is 0 Å². The molecule has 0 bridgehead atoms. The van der Waals surface area contributed by atoms with Gasteiger partial charge in [0.05, 0.1) is 6.42 Å². The molecule has 2 N–H and O–H groups in total. The smallest absolute Gasteiger partial charge is 0.407 e. The van der Waals surface area contributed by atoms with Crippen molar-refractivity contribution < 1.29 is 19.4 Å². The monoisotopic (exact) mass is 201 g/mol. The summed E-state index contributed by atoms with van der Waals surface area (Å²) in [5.41, 5.74) is -0.815. The third-order valence-electron chi connectivity index (χ3n) is 1.37. The molecule has 0 spiro atoms. The maximum absolute atomic E-state index is 11.0. The van der Waals surface area contributed by atoms with Gasteiger partial charge in [-0.15, -0.1) is 0 Å². The molecule has 14 heavy (non-hydrogen) atoms. The Balaban J connectivity index is 4.00. The number of carbonyl (C=O) groups is 2. The van der Waals surface area contributed by atoms with E-state index in [0.29, 0.717) is 0 Å². The predicted octanol–water partition coefficient (Wildman–Crippen LogP) is 1.15. The fourth-order valence-corrected chi connectivity index (χ4v) is 0.869. The predicted molar refractivity (Wildman–Crippen MR) is 51.0 cm³/mol. The molecule has 0 aliphatic rings. The Morgan fingerprint density at radius 2 is 2.14 bits per heavy atom. The van der Waals surface area contributed by atoms with E-state index in [-0.39, 0.29) is 13.0 Å². The van der Waals surface area contributed by atoms with Crippen LogP contribution in [-0.2, 0) is 9.53 Å². The van der Waals surface area contributed by atoms with Crippen LogP contribution < -0.4 is 5.32 Å². The standard InChI is InChI=1S/C9H15NO4/c1-4-5-14-8(13)10-9(2,3)6-7(11)12/h4H,1,5-6H2,2-3H3,(H,10,13)(H,11,12). The Morgan fingerprint density at radius 1 is 1.57 bits per heavy atom. The zero-order valence-corrected chi connectivity index (χ0v) is 8.37. The largest absolute Gasteiger partial charge is 0.481 e. The van der Waals surface area contributed by atoms with E-state index >= 15 is 0 Å². The number of rotatable bonds is 5. The summed E-state index contributed by atoms with van der Waals surface area (Å²) in [5.74, 6) is -0.973. The first-order valence-corrected chi connectivity index (χ1v) is 4.15. The van der Waals surface area contributed by atoms with Gasteiger partial charge in [0, 0.05) is 5.54 Å². The van der Waals surface area contributed by atoms with Crippen molar-refractivity contribution in [3.63, 3.8) is 0 Å². The molecule has 0 aromatic heterocycles. The van der Waals surface area contributed by atoms with E-state index < -0.39 is 17.6 Å². The molecular weight excluding hydrogens is 186 g/mol. The van der Waals surface area contributed by atoms with Crippen LogP contribution in [0.3, 0.4) is 0 Å². The number of aliphatic carboxylic acids is 1. The highest BCUT2D eigenvalue weighted by molar-refractivity contribution is 5.72. The highest BCUT2D eigenvalue weighted by Crippen LogP contribution is 2.07. The molecule has 0 aliphatic heterocycles. The van der Waals surface area contributed by atoms with E-state index in [1.807, 2.05) is 0 Å². The summed E-state index contributed by atoms with van der Waals surface area (Å²) in [6, 6.07) is 0. The molecule has 0 saturated carbocycles. The van der Waals surface area contributed by atoms with Crippen LogP contribution in [0.25, 0.3) is 0 Å². The van der Waals surface area contributed by atoms with Gasteiger partial charge in [0.1, 0.15) is 6.61 Å². The van der Waals surface area contributed by atoms with E-state index in [0.717, 1.165) is 0 Å². The molecule has 5 nitrogen and oxygen atoms in total. The lowest BCUT2D eigenvalue weighted by atomic mass is 10.0. The molecule has 0 aromatic carbocycles. The number of hydrogen-bond donors (Lipinski definition) is 2. The highest BCUT2D eigenvalue weighted by Gasteiger charge is 2.24. The molecule has 0 aliphatic carbocycles. The van der Waals surface area contributed by atoms with Crippen LogP contribution in [0.1, 0.15) is 20.3 Å². The van der Waals surface area contributed by atoms with Crippen LogP contribution in [0.2, 0.25) is 0 Å². The average Bonchev–Trinajstić information content (AvgIpc) is 1.96. The van der Waals surface area contributed by atoms with Crippen molar-refractivity contribution in [2.24, 2.45) is 0 Å². The Morgan fingerprint density at radius 3 is 2.57 bits per heavy atom. The van der Waals surface area contributed by atoms with Gasteiger partial charge >= 0.3 is 12.1 Å². The van der Waals surface area contributed by atoms with Gasteiger partial charge in [-0.05, 0) is 13.8 Å². The molecule has 0 radical (unpaired) electrons. The molecule has 0 fully saturated rings. The number of amides is 1. The number of ether oxygens (including phenoxy) is 1. The van der Waals surface area contributed by atoms with Crippen LogP contribution >= 0.6 is 0 Å². The van der Waals surface area contributed by atoms with Crippen molar-refractivity contribution in [3.8, 4) is 0 Å². The summed E-state index contributed by atoms with van der Waals surface area (Å²) in [7, 11) is 0. The number of nitrogens with one attached hydrogen (secondary N) is 1. The number of hydrogen-bond acceptors (Lipinski definition) is 3. The van der Waals surface area contributed by atoms with Gasteiger partial charge < -0.3 is 15.2 Å². The van der Waals surface area contributed by atoms with Crippen molar-refractivity contribution >= 4 is 12.1 Å². The minimum absolute atomic E-state index is 0.106. The lowest BCUT2D eigenvalue weighted by molar-refractivity contribution is -0.138. The van der Waals surface area contributed by atoms with Gasteiger partial charge in [0.15, 0.2) is 0 Å². The maximum Gasteiger partial charge on any atom is 0.407 e. The summed E-state index contributed by atoms with van der Waals surface area (Å²) in [5, 5.41) is 11.0. The molecule has 1 amide bonds. The zero-order valence-electron chi connectivity index (χ0n) is 8.37. The van der Waals surface area contributed by atoms with E-state index in [1.54, 1.807) is 13.8 Å². The Hall–Kier alpha value is -1.52. The first kappa shape index (κ1) is 12.5. The molecule has 5 heteroatoms. The molecule has 0 saturated heterocycles. The number of alkyl carbamates (subject to hydrolysis) is 1. The Bertz CT molecular complexity index is 235. The van der Waals surface area contributed by atoms with Crippen LogP contribution in [0.5, 0.6) is 0 Å². The van der Waals surface area contributed by atoms with E-state index in [2.05, 4.69) is 16.6 Å². The molecule has 0 atom stereocenters. The minimum Gasteiger partial charge on any atom is -0.481 e. The maximum atomic E-state index is 11.0. The van der Waals surface area contributed by atoms with Crippen LogP contribution in [0.4, 0.5) is 4.79 Å².